The third-order valence-corrected chi connectivity index (χ3v) is 5.83. The molecule has 1 fully saturated rings. The quantitative estimate of drug-likeness (QED) is 0.502. The van der Waals surface area contributed by atoms with Crippen molar-refractivity contribution in [2.24, 2.45) is 0 Å². The molecular formula is C21H19Cl2NO4S. The summed E-state index contributed by atoms with van der Waals surface area (Å²) in [5.74, 6) is 0.779. The maximum atomic E-state index is 12.4. The summed E-state index contributed by atoms with van der Waals surface area (Å²) >= 11 is 12.9. The zero-order valence-electron chi connectivity index (χ0n) is 16.1. The largest absolute Gasteiger partial charge is 0.493 e. The van der Waals surface area contributed by atoms with E-state index in [1.807, 2.05) is 19.9 Å². The minimum absolute atomic E-state index is 0.180. The smallest absolute Gasteiger partial charge is 0.293 e. The van der Waals surface area contributed by atoms with Gasteiger partial charge in [0.15, 0.2) is 11.5 Å². The molecule has 1 saturated heterocycles. The van der Waals surface area contributed by atoms with Crippen LogP contribution in [0.2, 0.25) is 10.0 Å². The first-order valence-corrected chi connectivity index (χ1v) is 10.4. The van der Waals surface area contributed by atoms with Crippen LogP contribution in [0.1, 0.15) is 25.0 Å². The molecule has 0 N–H and O–H groups in total. The first kappa shape index (κ1) is 21.6. The summed E-state index contributed by atoms with van der Waals surface area (Å²) in [4.78, 5) is 26.1. The molecule has 0 unspecified atom stereocenters. The molecule has 0 aliphatic carbocycles. The molecular weight excluding hydrogens is 433 g/mol. The number of hydrogen-bond acceptors (Lipinski definition) is 5. The van der Waals surface area contributed by atoms with Crippen LogP contribution in [0.15, 0.2) is 41.3 Å². The van der Waals surface area contributed by atoms with Crippen molar-refractivity contribution in [3.63, 3.8) is 0 Å². The lowest BCUT2D eigenvalue weighted by Gasteiger charge is -2.16. The zero-order valence-corrected chi connectivity index (χ0v) is 18.4. The standard InChI is InChI=1S/C21H19Cl2NO4S/c1-12(2)24-20(25)19(29-21(24)26)10-13-5-7-17(18(9-13)27-3)28-11-14-4-6-15(22)16(23)8-14/h4-10,12H,11H2,1-3H3/b19-10-. The predicted octanol–water partition coefficient (Wildman–Crippen LogP) is 6.03. The summed E-state index contributed by atoms with van der Waals surface area (Å²) < 4.78 is 11.3. The molecule has 2 aromatic carbocycles. The minimum Gasteiger partial charge on any atom is -0.493 e. The van der Waals surface area contributed by atoms with Crippen molar-refractivity contribution >= 4 is 52.2 Å². The summed E-state index contributed by atoms with van der Waals surface area (Å²) in [6, 6.07) is 10.4. The van der Waals surface area contributed by atoms with Crippen LogP contribution in [-0.2, 0) is 11.4 Å². The Labute approximate surface area is 183 Å². The first-order chi connectivity index (χ1) is 13.8. The molecule has 29 heavy (non-hydrogen) atoms. The fourth-order valence-corrected chi connectivity index (χ4v) is 4.04. The van der Waals surface area contributed by atoms with Crippen LogP contribution in [0, 0.1) is 0 Å². The number of methoxy groups -OCH3 is 1. The van der Waals surface area contributed by atoms with Crippen LogP contribution in [0.25, 0.3) is 6.08 Å². The van der Waals surface area contributed by atoms with E-state index in [1.165, 1.54) is 12.0 Å². The van der Waals surface area contributed by atoms with Crippen LogP contribution < -0.4 is 9.47 Å². The van der Waals surface area contributed by atoms with Gasteiger partial charge in [0.05, 0.1) is 22.1 Å². The fraction of sp³-hybridized carbons (Fsp3) is 0.238. The second-order valence-corrected chi connectivity index (χ2v) is 8.40. The lowest BCUT2D eigenvalue weighted by molar-refractivity contribution is -0.123. The van der Waals surface area contributed by atoms with E-state index in [4.69, 9.17) is 32.7 Å². The van der Waals surface area contributed by atoms with Gasteiger partial charge < -0.3 is 9.47 Å². The summed E-state index contributed by atoms with van der Waals surface area (Å²) in [6.07, 6.45) is 1.68. The summed E-state index contributed by atoms with van der Waals surface area (Å²) in [5.41, 5.74) is 1.60. The normalized spacial score (nSPS) is 15.5. The number of carbonyl (C=O) groups is 2. The van der Waals surface area contributed by atoms with Gasteiger partial charge in [0.2, 0.25) is 0 Å². The van der Waals surface area contributed by atoms with Crippen molar-refractivity contribution < 1.29 is 19.1 Å². The van der Waals surface area contributed by atoms with E-state index in [0.717, 1.165) is 22.9 Å². The Hall–Kier alpha value is -2.15. The molecule has 0 saturated carbocycles. The third-order valence-electron chi connectivity index (χ3n) is 4.20. The van der Waals surface area contributed by atoms with E-state index in [9.17, 15) is 9.59 Å². The van der Waals surface area contributed by atoms with Gasteiger partial charge in [-0.15, -0.1) is 0 Å². The maximum absolute atomic E-state index is 12.4. The Kier molecular flexibility index (Phi) is 6.77. The number of nitrogens with zero attached hydrogens (tertiary/aromatic N) is 1. The molecule has 0 radical (unpaired) electrons. The van der Waals surface area contributed by atoms with E-state index < -0.39 is 0 Å². The second kappa shape index (κ2) is 9.11. The Morgan fingerprint density at radius 2 is 1.83 bits per heavy atom. The molecule has 152 valence electrons. The molecule has 0 aromatic heterocycles. The van der Waals surface area contributed by atoms with Crippen LogP contribution in [0.4, 0.5) is 4.79 Å². The fourth-order valence-electron chi connectivity index (χ4n) is 2.76. The van der Waals surface area contributed by atoms with Gasteiger partial charge >= 0.3 is 0 Å². The van der Waals surface area contributed by atoms with Crippen molar-refractivity contribution in [3.05, 3.63) is 62.5 Å². The van der Waals surface area contributed by atoms with Gasteiger partial charge in [-0.05, 0) is 67.1 Å². The maximum Gasteiger partial charge on any atom is 0.293 e. The topological polar surface area (TPSA) is 55.8 Å². The number of amides is 2. The zero-order chi connectivity index (χ0) is 21.1. The van der Waals surface area contributed by atoms with Crippen LogP contribution in [0.3, 0.4) is 0 Å². The molecule has 1 aliphatic rings. The van der Waals surface area contributed by atoms with Gasteiger partial charge in [-0.1, -0.05) is 35.3 Å². The first-order valence-electron chi connectivity index (χ1n) is 8.82. The molecule has 5 nitrogen and oxygen atoms in total. The lowest BCUT2D eigenvalue weighted by Crippen LogP contribution is -2.34. The average Bonchev–Trinajstić information content (AvgIpc) is 2.96. The number of imide groups is 1. The van der Waals surface area contributed by atoms with Crippen molar-refractivity contribution in [2.75, 3.05) is 7.11 Å². The Balaban J connectivity index is 1.77. The Morgan fingerprint density at radius 1 is 1.07 bits per heavy atom. The van der Waals surface area contributed by atoms with Gasteiger partial charge in [0, 0.05) is 6.04 Å². The highest BCUT2D eigenvalue weighted by atomic mass is 35.5. The Morgan fingerprint density at radius 3 is 2.45 bits per heavy atom. The monoisotopic (exact) mass is 451 g/mol. The van der Waals surface area contributed by atoms with Gasteiger partial charge in [-0.25, -0.2) is 0 Å². The molecule has 1 aliphatic heterocycles. The van der Waals surface area contributed by atoms with Crippen LogP contribution in [-0.4, -0.2) is 29.2 Å². The average molecular weight is 452 g/mol. The number of carbonyl (C=O) groups excluding carboxylic acids is 2. The number of thioether (sulfide) groups is 1. The molecule has 0 spiro atoms. The van der Waals surface area contributed by atoms with E-state index in [-0.39, 0.29) is 17.2 Å². The molecule has 2 amide bonds. The van der Waals surface area contributed by atoms with E-state index in [1.54, 1.807) is 36.4 Å². The molecule has 8 heteroatoms. The second-order valence-electron chi connectivity index (χ2n) is 6.59. The summed E-state index contributed by atoms with van der Waals surface area (Å²) in [5, 5.41) is 0.689. The van der Waals surface area contributed by atoms with Gasteiger partial charge in [-0.2, -0.15) is 0 Å². The number of rotatable bonds is 6. The van der Waals surface area contributed by atoms with Crippen LogP contribution >= 0.6 is 35.0 Å². The number of halogens is 2. The summed E-state index contributed by atoms with van der Waals surface area (Å²) in [6.45, 7) is 3.91. The molecule has 2 aromatic rings. The van der Waals surface area contributed by atoms with Gasteiger partial charge in [0.25, 0.3) is 11.1 Å². The number of benzene rings is 2. The Bertz CT molecular complexity index is 991. The summed E-state index contributed by atoms with van der Waals surface area (Å²) in [7, 11) is 1.54. The number of hydrogen-bond donors (Lipinski definition) is 0. The van der Waals surface area contributed by atoms with Crippen molar-refractivity contribution in [2.45, 2.75) is 26.5 Å². The van der Waals surface area contributed by atoms with Crippen molar-refractivity contribution in [1.82, 2.24) is 4.90 Å². The predicted molar refractivity (Wildman–Crippen MR) is 117 cm³/mol. The van der Waals surface area contributed by atoms with Crippen molar-refractivity contribution in [3.8, 4) is 11.5 Å². The molecule has 0 atom stereocenters. The molecule has 0 bridgehead atoms. The number of ether oxygens (including phenoxy) is 2. The molecule has 3 rings (SSSR count). The SMILES string of the molecule is COc1cc(/C=C2\SC(=O)N(C(C)C)C2=O)ccc1OCc1ccc(Cl)c(Cl)c1. The highest BCUT2D eigenvalue weighted by Crippen LogP contribution is 2.35. The van der Waals surface area contributed by atoms with Gasteiger partial charge in [-0.3, -0.25) is 14.5 Å². The third kappa shape index (κ3) is 4.89. The van der Waals surface area contributed by atoms with E-state index >= 15 is 0 Å². The highest BCUT2D eigenvalue weighted by Gasteiger charge is 2.36. The lowest BCUT2D eigenvalue weighted by atomic mass is 10.1. The van der Waals surface area contributed by atoms with Gasteiger partial charge in [0.1, 0.15) is 6.61 Å². The van der Waals surface area contributed by atoms with Crippen molar-refractivity contribution in [1.29, 1.82) is 0 Å². The van der Waals surface area contributed by atoms with E-state index in [0.29, 0.717) is 33.1 Å². The molecule has 1 heterocycles. The highest BCUT2D eigenvalue weighted by molar-refractivity contribution is 8.18. The van der Waals surface area contributed by atoms with Crippen LogP contribution in [0.5, 0.6) is 11.5 Å². The minimum atomic E-state index is -0.283. The van der Waals surface area contributed by atoms with E-state index in [2.05, 4.69) is 0 Å².